The zero-order valence-electron chi connectivity index (χ0n) is 18.2. The van der Waals surface area contributed by atoms with Crippen molar-refractivity contribution in [2.45, 2.75) is 20.0 Å². The summed E-state index contributed by atoms with van der Waals surface area (Å²) >= 11 is 6.39. The maximum Gasteiger partial charge on any atom is 0.254 e. The maximum atomic E-state index is 13.5. The van der Waals surface area contributed by atoms with Gasteiger partial charge in [-0.05, 0) is 48.9 Å². The molecule has 0 saturated heterocycles. The molecular formula is C24H27ClN2O4. The summed E-state index contributed by atoms with van der Waals surface area (Å²) < 4.78 is 16.5. The van der Waals surface area contributed by atoms with E-state index in [0.717, 1.165) is 11.3 Å². The SMILES string of the molecule is CCOc1c(Cl)cc(C(=O)N(Cc2ccc(N(C)C)cc2)Cc2ccco2)cc1OC. The van der Waals surface area contributed by atoms with Gasteiger partial charge in [0.15, 0.2) is 11.5 Å². The van der Waals surface area contributed by atoms with Crippen LogP contribution in [0.25, 0.3) is 0 Å². The van der Waals surface area contributed by atoms with Crippen LogP contribution in [0.15, 0.2) is 59.2 Å². The predicted molar refractivity (Wildman–Crippen MR) is 122 cm³/mol. The Morgan fingerprint density at radius 1 is 1.10 bits per heavy atom. The fourth-order valence-corrected chi connectivity index (χ4v) is 3.49. The quantitative estimate of drug-likeness (QED) is 0.453. The molecule has 3 rings (SSSR count). The number of hydrogen-bond acceptors (Lipinski definition) is 5. The summed E-state index contributed by atoms with van der Waals surface area (Å²) in [6.45, 7) is 3.05. The fraction of sp³-hybridized carbons (Fsp3) is 0.292. The number of furan rings is 1. The van der Waals surface area contributed by atoms with E-state index in [2.05, 4.69) is 0 Å². The molecule has 0 bridgehead atoms. The van der Waals surface area contributed by atoms with E-state index in [4.69, 9.17) is 25.5 Å². The first-order valence-corrected chi connectivity index (χ1v) is 10.4. The second-order valence-electron chi connectivity index (χ2n) is 7.22. The largest absolute Gasteiger partial charge is 0.493 e. The summed E-state index contributed by atoms with van der Waals surface area (Å²) in [4.78, 5) is 17.2. The number of rotatable bonds is 9. The molecule has 6 nitrogen and oxygen atoms in total. The smallest absolute Gasteiger partial charge is 0.254 e. The molecule has 3 aromatic rings. The average molecular weight is 443 g/mol. The highest BCUT2D eigenvalue weighted by molar-refractivity contribution is 6.32. The first kappa shape index (κ1) is 22.6. The average Bonchev–Trinajstić information content (AvgIpc) is 3.27. The molecule has 0 aliphatic rings. The van der Waals surface area contributed by atoms with Crippen LogP contribution in [0, 0.1) is 0 Å². The predicted octanol–water partition coefficient (Wildman–Crippen LogP) is 5.25. The van der Waals surface area contributed by atoms with Crippen LogP contribution in [0.2, 0.25) is 5.02 Å². The number of anilines is 1. The molecule has 0 spiro atoms. The Hall–Kier alpha value is -3.12. The van der Waals surface area contributed by atoms with Crippen LogP contribution in [0.4, 0.5) is 5.69 Å². The van der Waals surface area contributed by atoms with Crippen molar-refractivity contribution in [2.24, 2.45) is 0 Å². The van der Waals surface area contributed by atoms with Gasteiger partial charge in [-0.2, -0.15) is 0 Å². The summed E-state index contributed by atoms with van der Waals surface area (Å²) in [5.41, 5.74) is 2.52. The Balaban J connectivity index is 1.91. The zero-order chi connectivity index (χ0) is 22.4. The summed E-state index contributed by atoms with van der Waals surface area (Å²) in [6, 6.07) is 15.0. The van der Waals surface area contributed by atoms with Gasteiger partial charge in [0, 0.05) is 31.9 Å². The van der Waals surface area contributed by atoms with E-state index in [0.29, 0.717) is 47.5 Å². The van der Waals surface area contributed by atoms with Crippen molar-refractivity contribution in [1.82, 2.24) is 4.90 Å². The monoisotopic (exact) mass is 442 g/mol. The molecule has 7 heteroatoms. The number of benzene rings is 2. The van der Waals surface area contributed by atoms with Crippen LogP contribution in [-0.4, -0.2) is 38.6 Å². The van der Waals surface area contributed by atoms with E-state index in [1.807, 2.05) is 56.3 Å². The maximum absolute atomic E-state index is 13.5. The molecule has 0 aliphatic heterocycles. The molecule has 31 heavy (non-hydrogen) atoms. The molecule has 164 valence electrons. The molecule has 0 N–H and O–H groups in total. The first-order valence-electron chi connectivity index (χ1n) is 10.0. The molecular weight excluding hydrogens is 416 g/mol. The van der Waals surface area contributed by atoms with E-state index in [-0.39, 0.29) is 5.91 Å². The van der Waals surface area contributed by atoms with Gasteiger partial charge in [0.25, 0.3) is 5.91 Å². The van der Waals surface area contributed by atoms with Gasteiger partial charge in [0.05, 0.1) is 31.5 Å². The van der Waals surface area contributed by atoms with E-state index in [1.54, 1.807) is 29.4 Å². The van der Waals surface area contributed by atoms with Crippen LogP contribution in [0.5, 0.6) is 11.5 Å². The highest BCUT2D eigenvalue weighted by atomic mass is 35.5. The van der Waals surface area contributed by atoms with Crippen LogP contribution in [-0.2, 0) is 13.1 Å². The summed E-state index contributed by atoms with van der Waals surface area (Å²) in [6.07, 6.45) is 1.60. The minimum absolute atomic E-state index is 0.184. The number of methoxy groups -OCH3 is 1. The van der Waals surface area contributed by atoms with Gasteiger partial charge in [-0.15, -0.1) is 0 Å². The topological polar surface area (TPSA) is 55.2 Å². The molecule has 1 amide bonds. The highest BCUT2D eigenvalue weighted by Gasteiger charge is 2.22. The van der Waals surface area contributed by atoms with Crippen molar-refractivity contribution >= 4 is 23.2 Å². The Kier molecular flexibility index (Phi) is 7.47. The van der Waals surface area contributed by atoms with Crippen molar-refractivity contribution in [1.29, 1.82) is 0 Å². The molecule has 0 unspecified atom stereocenters. The van der Waals surface area contributed by atoms with Crippen molar-refractivity contribution in [3.05, 3.63) is 76.7 Å². The lowest BCUT2D eigenvalue weighted by Crippen LogP contribution is -2.30. The lowest BCUT2D eigenvalue weighted by atomic mass is 10.1. The normalized spacial score (nSPS) is 10.6. The summed E-state index contributed by atoms with van der Waals surface area (Å²) in [7, 11) is 5.50. The summed E-state index contributed by atoms with van der Waals surface area (Å²) in [5, 5.41) is 0.331. The molecule has 0 saturated carbocycles. The minimum atomic E-state index is -0.184. The molecule has 1 aromatic heterocycles. The van der Waals surface area contributed by atoms with Gasteiger partial charge in [0.2, 0.25) is 0 Å². The van der Waals surface area contributed by atoms with E-state index in [9.17, 15) is 4.79 Å². The number of amides is 1. The third kappa shape index (κ3) is 5.52. The second kappa shape index (κ2) is 10.3. The zero-order valence-corrected chi connectivity index (χ0v) is 19.0. The Morgan fingerprint density at radius 3 is 2.42 bits per heavy atom. The van der Waals surface area contributed by atoms with Crippen LogP contribution in [0.1, 0.15) is 28.6 Å². The van der Waals surface area contributed by atoms with Crippen molar-refractivity contribution in [3.63, 3.8) is 0 Å². The van der Waals surface area contributed by atoms with Gasteiger partial charge < -0.3 is 23.7 Å². The van der Waals surface area contributed by atoms with E-state index < -0.39 is 0 Å². The number of hydrogen-bond donors (Lipinski definition) is 0. The lowest BCUT2D eigenvalue weighted by Gasteiger charge is -2.23. The van der Waals surface area contributed by atoms with Crippen molar-refractivity contribution < 1.29 is 18.7 Å². The van der Waals surface area contributed by atoms with Crippen LogP contribution in [0.3, 0.4) is 0 Å². The Bertz CT molecular complexity index is 1000. The van der Waals surface area contributed by atoms with E-state index >= 15 is 0 Å². The molecule has 0 fully saturated rings. The Labute approximate surface area is 187 Å². The molecule has 0 atom stereocenters. The number of ether oxygens (including phenoxy) is 2. The van der Waals surface area contributed by atoms with Crippen molar-refractivity contribution in [2.75, 3.05) is 32.7 Å². The Morgan fingerprint density at radius 2 is 1.84 bits per heavy atom. The van der Waals surface area contributed by atoms with E-state index in [1.165, 1.54) is 7.11 Å². The minimum Gasteiger partial charge on any atom is -0.493 e. The third-order valence-corrected chi connectivity index (χ3v) is 5.09. The first-order chi connectivity index (χ1) is 14.9. The van der Waals surface area contributed by atoms with Gasteiger partial charge in [-0.1, -0.05) is 23.7 Å². The van der Waals surface area contributed by atoms with Gasteiger partial charge in [-0.25, -0.2) is 0 Å². The number of halogens is 1. The number of carbonyl (C=O) groups excluding carboxylic acids is 1. The molecule has 0 aliphatic carbocycles. The summed E-state index contributed by atoms with van der Waals surface area (Å²) in [5.74, 6) is 1.37. The number of carbonyl (C=O) groups is 1. The molecule has 1 heterocycles. The number of nitrogens with zero attached hydrogens (tertiary/aromatic N) is 2. The standard InChI is InChI=1S/C24H27ClN2O4/c1-5-30-23-21(25)13-18(14-22(23)29-4)24(28)27(16-20-7-6-12-31-20)15-17-8-10-19(11-9-17)26(2)3/h6-14H,5,15-16H2,1-4H3. The van der Waals surface area contributed by atoms with Crippen LogP contribution >= 0.6 is 11.6 Å². The fourth-order valence-electron chi connectivity index (χ4n) is 3.22. The lowest BCUT2D eigenvalue weighted by molar-refractivity contribution is 0.0717. The highest BCUT2D eigenvalue weighted by Crippen LogP contribution is 2.37. The molecule has 0 radical (unpaired) electrons. The van der Waals surface area contributed by atoms with Gasteiger partial charge >= 0.3 is 0 Å². The van der Waals surface area contributed by atoms with Crippen molar-refractivity contribution in [3.8, 4) is 11.5 Å². The van der Waals surface area contributed by atoms with Crippen LogP contribution < -0.4 is 14.4 Å². The second-order valence-corrected chi connectivity index (χ2v) is 7.63. The third-order valence-electron chi connectivity index (χ3n) is 4.81. The molecule has 2 aromatic carbocycles. The van der Waals surface area contributed by atoms with Gasteiger partial charge in [0.1, 0.15) is 5.76 Å². The van der Waals surface area contributed by atoms with Gasteiger partial charge in [-0.3, -0.25) is 4.79 Å².